The summed E-state index contributed by atoms with van der Waals surface area (Å²) < 4.78 is 27.9. The van der Waals surface area contributed by atoms with Gasteiger partial charge in [-0.1, -0.05) is 5.21 Å². The highest BCUT2D eigenvalue weighted by molar-refractivity contribution is 6.55. The number of hydrogen-bond acceptors (Lipinski definition) is 8. The summed E-state index contributed by atoms with van der Waals surface area (Å²) in [6.45, 7) is 1.84. The summed E-state index contributed by atoms with van der Waals surface area (Å²) in [5.41, 5.74) is -3.25. The second kappa shape index (κ2) is 7.45. The van der Waals surface area contributed by atoms with E-state index in [4.69, 9.17) is 17.3 Å². The van der Waals surface area contributed by atoms with Crippen LogP contribution in [0.1, 0.15) is 36.6 Å². The molecular weight excluding hydrogens is 410 g/mol. The molecule has 0 amide bonds. The van der Waals surface area contributed by atoms with E-state index in [2.05, 4.69) is 10.3 Å². The quantitative estimate of drug-likeness (QED) is 0.607. The van der Waals surface area contributed by atoms with Gasteiger partial charge in [-0.25, -0.2) is 13.9 Å². The number of halogens is 1. The van der Waals surface area contributed by atoms with Gasteiger partial charge in [0.2, 0.25) is 19.3 Å². The molecule has 14 heteroatoms. The van der Waals surface area contributed by atoms with Crippen molar-refractivity contribution in [2.75, 3.05) is 6.61 Å². The van der Waals surface area contributed by atoms with Crippen LogP contribution in [0.4, 0.5) is 9.18 Å². The van der Waals surface area contributed by atoms with Gasteiger partial charge in [0, 0.05) is 18.2 Å². The number of carbonyl (C=O) groups excluding carboxylic acids is 1. The van der Waals surface area contributed by atoms with Gasteiger partial charge >= 0.3 is 12.7 Å². The topological polar surface area (TPSA) is 130 Å². The van der Waals surface area contributed by atoms with E-state index in [0.717, 1.165) is 4.48 Å². The van der Waals surface area contributed by atoms with Gasteiger partial charge in [-0.15, -0.1) is 5.10 Å². The maximum Gasteiger partial charge on any atom is 0.420 e. The first-order valence-corrected chi connectivity index (χ1v) is 9.75. The number of rotatable bonds is 6. The molecule has 2 bridgehead atoms. The second-order valence-corrected chi connectivity index (χ2v) is 8.04. The average molecular weight is 430 g/mol. The largest absolute Gasteiger partial charge is 0.472 e. The number of carbonyl (C=O) groups is 1. The molecule has 2 radical (unpaired) electrons. The third-order valence-corrected chi connectivity index (χ3v) is 6.03. The summed E-state index contributed by atoms with van der Waals surface area (Å²) in [6, 6.07) is -0.549. The van der Waals surface area contributed by atoms with E-state index in [9.17, 15) is 23.8 Å². The van der Waals surface area contributed by atoms with E-state index in [1.807, 2.05) is 0 Å². The van der Waals surface area contributed by atoms with Crippen LogP contribution in [0, 0.1) is 6.92 Å². The minimum absolute atomic E-state index is 0.124. The van der Waals surface area contributed by atoms with Gasteiger partial charge in [-0.2, -0.15) is 0 Å². The summed E-state index contributed by atoms with van der Waals surface area (Å²) >= 11 is 0. The van der Waals surface area contributed by atoms with Crippen LogP contribution in [0.5, 0.6) is 0 Å². The molecule has 3 unspecified atom stereocenters. The van der Waals surface area contributed by atoms with Crippen LogP contribution in [0.3, 0.4) is 0 Å². The normalized spacial score (nSPS) is 26.9. The van der Waals surface area contributed by atoms with E-state index in [1.54, 1.807) is 0 Å². The predicted octanol–water partition coefficient (Wildman–Crippen LogP) is -0.510. The summed E-state index contributed by atoms with van der Waals surface area (Å²) in [6.07, 6.45) is 3.77. The van der Waals surface area contributed by atoms with Crippen molar-refractivity contribution in [1.29, 1.82) is 0 Å². The SMILES string of the molecule is [B]C(=O)OCC12CCC(n3cc(C)c(=O)n(B(C)O)c3=O)(CC1n1cc(C[18F])nn1)O2. The van der Waals surface area contributed by atoms with Crippen LogP contribution in [-0.4, -0.2) is 62.0 Å². The lowest BCUT2D eigenvalue weighted by atomic mass is 9.81. The van der Waals surface area contributed by atoms with Crippen molar-refractivity contribution in [2.45, 2.75) is 57.1 Å². The van der Waals surface area contributed by atoms with Gasteiger partial charge in [0.15, 0.2) is 5.72 Å². The van der Waals surface area contributed by atoms with Crippen molar-refractivity contribution >= 4 is 20.8 Å². The van der Waals surface area contributed by atoms with Gasteiger partial charge in [-0.3, -0.25) is 18.6 Å². The molecule has 2 aromatic rings. The molecule has 1 N–H and O–H groups in total. The molecule has 11 nitrogen and oxygen atoms in total. The van der Waals surface area contributed by atoms with Crippen molar-refractivity contribution in [3.8, 4) is 0 Å². The Morgan fingerprint density at radius 3 is 2.81 bits per heavy atom. The maximum absolute atomic E-state index is 13.1. The lowest BCUT2D eigenvalue weighted by Gasteiger charge is -2.32. The summed E-state index contributed by atoms with van der Waals surface area (Å²) in [5.74, 6) is -0.986. The van der Waals surface area contributed by atoms with Crippen LogP contribution < -0.4 is 11.2 Å². The Morgan fingerprint density at radius 2 is 2.19 bits per heavy atom. The molecule has 2 aromatic heterocycles. The Hall–Kier alpha value is -2.73. The molecule has 2 saturated heterocycles. The first-order valence-electron chi connectivity index (χ1n) is 9.75. The molecule has 3 atom stereocenters. The number of alkyl halides is 1. The summed E-state index contributed by atoms with van der Waals surface area (Å²) in [7, 11) is 3.80. The standard InChI is InChI=1S/C17H20B2FN5O6/c1-10-7-23(15(28)25(13(10)26)19(2)29)17-4-3-16(31-17,9-30-14(18)27)12(5-17)24-8-11(6-20)21-22-24/h7-8,12,29H,3-6,9H2,1-2H3/i20-1. The minimum Gasteiger partial charge on any atom is -0.472 e. The van der Waals surface area contributed by atoms with E-state index in [-0.39, 0.29) is 24.3 Å². The Labute approximate surface area is 177 Å². The number of fused-ring (bicyclic) bond motifs is 2. The molecular formula is C17H20B2FN5O6. The van der Waals surface area contributed by atoms with Crippen LogP contribution in [0.15, 0.2) is 22.0 Å². The third kappa shape index (κ3) is 3.33. The Bertz CT molecular complexity index is 1150. The van der Waals surface area contributed by atoms with Gasteiger partial charge in [0.1, 0.15) is 24.6 Å². The van der Waals surface area contributed by atoms with Crippen molar-refractivity contribution in [2.24, 2.45) is 0 Å². The fraction of sp³-hybridized carbons (Fsp3) is 0.588. The number of aryl methyl sites for hydroxylation is 1. The zero-order valence-corrected chi connectivity index (χ0v) is 17.0. The second-order valence-electron chi connectivity index (χ2n) is 8.04. The number of ether oxygens (including phenoxy) is 2. The lowest BCUT2D eigenvalue weighted by Crippen LogP contribution is -2.52. The van der Waals surface area contributed by atoms with Crippen LogP contribution in [0.25, 0.3) is 0 Å². The van der Waals surface area contributed by atoms with E-state index in [0.29, 0.717) is 12.8 Å². The highest BCUT2D eigenvalue weighted by Crippen LogP contribution is 2.58. The molecule has 0 aromatic carbocycles. The van der Waals surface area contributed by atoms with Crippen molar-refractivity contribution < 1.29 is 23.7 Å². The first kappa shape index (κ1) is 21.5. The summed E-state index contributed by atoms with van der Waals surface area (Å²) in [4.78, 5) is 36.8. The third-order valence-electron chi connectivity index (χ3n) is 6.03. The van der Waals surface area contributed by atoms with Crippen molar-refractivity contribution in [3.05, 3.63) is 44.5 Å². The fourth-order valence-electron chi connectivity index (χ4n) is 4.59. The van der Waals surface area contributed by atoms with Crippen LogP contribution in [0.2, 0.25) is 6.82 Å². The Morgan fingerprint density at radius 1 is 1.45 bits per heavy atom. The van der Waals surface area contributed by atoms with Crippen molar-refractivity contribution in [1.82, 2.24) is 24.0 Å². The van der Waals surface area contributed by atoms with Crippen LogP contribution >= 0.6 is 0 Å². The van der Waals surface area contributed by atoms with E-state index < -0.39 is 48.2 Å². The van der Waals surface area contributed by atoms with Crippen LogP contribution in [-0.2, 0) is 21.9 Å². The smallest absolute Gasteiger partial charge is 0.420 e. The molecule has 4 heterocycles. The molecule has 31 heavy (non-hydrogen) atoms. The maximum atomic E-state index is 13.1. The van der Waals surface area contributed by atoms with Crippen molar-refractivity contribution in [3.63, 3.8) is 0 Å². The zero-order valence-electron chi connectivity index (χ0n) is 17.0. The number of aromatic nitrogens is 5. The van der Waals surface area contributed by atoms with Gasteiger partial charge in [0.25, 0.3) is 0 Å². The molecule has 0 aliphatic carbocycles. The molecule has 2 fully saturated rings. The molecule has 2 aliphatic rings. The molecule has 0 saturated carbocycles. The Kier molecular flexibility index (Phi) is 5.16. The first-order chi connectivity index (χ1) is 14.6. The number of hydrogen-bond donors (Lipinski definition) is 1. The molecule has 4 rings (SSSR count). The van der Waals surface area contributed by atoms with Gasteiger partial charge < -0.3 is 14.5 Å². The van der Waals surface area contributed by atoms with E-state index >= 15 is 0 Å². The minimum atomic E-state index is -1.34. The molecule has 162 valence electrons. The summed E-state index contributed by atoms with van der Waals surface area (Å²) in [5, 5.41) is 17.7. The predicted molar refractivity (Wildman–Crippen MR) is 106 cm³/mol. The highest BCUT2D eigenvalue weighted by atomic mass is 18.2. The zero-order chi connectivity index (χ0) is 22.6. The van der Waals surface area contributed by atoms with Gasteiger partial charge in [-0.05, 0) is 26.6 Å². The molecule has 2 aliphatic heterocycles. The number of nitrogens with zero attached hydrogens (tertiary/aromatic N) is 5. The monoisotopic (exact) mass is 430 g/mol. The van der Waals surface area contributed by atoms with E-state index in [1.165, 1.54) is 35.4 Å². The highest BCUT2D eigenvalue weighted by Gasteiger charge is 2.64. The Balaban J connectivity index is 1.83. The van der Waals surface area contributed by atoms with Gasteiger partial charge in [0.05, 0.1) is 12.2 Å². The average Bonchev–Trinajstić information content (AvgIpc) is 3.41. The molecule has 0 spiro atoms. The lowest BCUT2D eigenvalue weighted by molar-refractivity contribution is -0.120. The fourth-order valence-corrected chi connectivity index (χ4v) is 4.59.